The number of carbonyl (C=O) groups excluding carboxylic acids is 4. The quantitative estimate of drug-likeness (QED) is 0.0162. The van der Waals surface area contributed by atoms with Gasteiger partial charge in [0.1, 0.15) is 47.7 Å². The third kappa shape index (κ3) is 20.8. The summed E-state index contributed by atoms with van der Waals surface area (Å²) < 4.78 is 63.4. The smallest absolute Gasteiger partial charge is 0.343 e. The summed E-state index contributed by atoms with van der Waals surface area (Å²) in [7, 11) is 0. The Kier molecular flexibility index (Phi) is 23.6. The molecule has 1 aromatic heterocycles. The number of alkyl halides is 2. The molecule has 11 nitrogen and oxygen atoms in total. The van der Waals surface area contributed by atoms with Crippen LogP contribution < -0.4 is 18.9 Å². The number of Topliss-reactive ketones (excluding diaryl/α,β-unsaturated/α-hetero) is 1. The van der Waals surface area contributed by atoms with Crippen molar-refractivity contribution in [2.45, 2.75) is 129 Å². The average molecular weight is 978 g/mol. The van der Waals surface area contributed by atoms with Gasteiger partial charge in [0.05, 0.1) is 38.0 Å². The maximum absolute atomic E-state index is 15.2. The maximum atomic E-state index is 15.2. The van der Waals surface area contributed by atoms with Gasteiger partial charge in [-0.15, -0.1) is 0 Å². The van der Waals surface area contributed by atoms with Crippen LogP contribution in [0.1, 0.15) is 142 Å². The Morgan fingerprint density at radius 1 is 0.704 bits per heavy atom. The SMILES string of the molecule is C=CC(=O)OCCCCCCOc1ccc(C#Cc2ccc(OC(=O)c3ccc(OCCOC(=O)CCC(=O)CCCOc4ccc(CC(F)(F)C5CCC(CCCCC)CC5)cc4)c(C)c3)cc2)nc1. The number of ether oxygens (including phenoxy) is 6. The first kappa shape index (κ1) is 55.4. The van der Waals surface area contributed by atoms with Crippen molar-refractivity contribution >= 4 is 23.7 Å². The fourth-order valence-electron chi connectivity index (χ4n) is 8.25. The van der Waals surface area contributed by atoms with E-state index in [-0.39, 0.29) is 51.3 Å². The molecule has 0 radical (unpaired) electrons. The number of rotatable bonds is 30. The molecule has 71 heavy (non-hydrogen) atoms. The largest absolute Gasteiger partial charge is 0.494 e. The minimum atomic E-state index is -2.73. The molecule has 0 amide bonds. The molecule has 1 fully saturated rings. The van der Waals surface area contributed by atoms with E-state index in [0.29, 0.717) is 89.3 Å². The molecule has 3 aromatic carbocycles. The summed E-state index contributed by atoms with van der Waals surface area (Å²) in [5.41, 5.74) is 2.90. The highest BCUT2D eigenvalue weighted by Crippen LogP contribution is 2.42. The predicted octanol–water partition coefficient (Wildman–Crippen LogP) is 12.4. The van der Waals surface area contributed by atoms with Crippen molar-refractivity contribution in [3.8, 4) is 34.8 Å². The van der Waals surface area contributed by atoms with Crippen molar-refractivity contribution < 1.29 is 56.4 Å². The van der Waals surface area contributed by atoms with E-state index in [9.17, 15) is 19.2 Å². The van der Waals surface area contributed by atoms with E-state index in [1.165, 1.54) is 19.3 Å². The molecular weight excluding hydrogens is 909 g/mol. The Morgan fingerprint density at radius 2 is 1.41 bits per heavy atom. The summed E-state index contributed by atoms with van der Waals surface area (Å²) in [6.07, 6.45) is 14.5. The van der Waals surface area contributed by atoms with Gasteiger partial charge in [0, 0.05) is 36.8 Å². The second-order valence-corrected chi connectivity index (χ2v) is 18.0. The molecule has 4 aromatic rings. The molecule has 0 atom stereocenters. The summed E-state index contributed by atoms with van der Waals surface area (Å²) in [6.45, 7) is 8.65. The van der Waals surface area contributed by atoms with Gasteiger partial charge in [-0.1, -0.05) is 57.2 Å². The van der Waals surface area contributed by atoms with Gasteiger partial charge >= 0.3 is 17.9 Å². The summed E-state index contributed by atoms with van der Waals surface area (Å²) >= 11 is 0. The molecule has 380 valence electrons. The van der Waals surface area contributed by atoms with Crippen molar-refractivity contribution in [1.82, 2.24) is 4.98 Å². The molecule has 0 N–H and O–H groups in total. The minimum absolute atomic E-state index is 0.0129. The zero-order valence-corrected chi connectivity index (χ0v) is 41.4. The number of hydrogen-bond acceptors (Lipinski definition) is 11. The van der Waals surface area contributed by atoms with E-state index in [1.54, 1.807) is 85.9 Å². The van der Waals surface area contributed by atoms with Crippen LogP contribution in [0.4, 0.5) is 8.78 Å². The van der Waals surface area contributed by atoms with Crippen LogP contribution in [-0.4, -0.2) is 67.6 Å². The molecular formula is C58H69F2NO10. The molecule has 13 heteroatoms. The van der Waals surface area contributed by atoms with Crippen molar-refractivity contribution in [3.63, 3.8) is 0 Å². The highest BCUT2D eigenvalue weighted by atomic mass is 19.3. The Bertz CT molecular complexity index is 2350. The predicted molar refractivity (Wildman–Crippen MR) is 268 cm³/mol. The number of ketones is 1. The standard InChI is InChI=1S/C58H69F2NO10/c1-4-6-9-13-44-15-23-48(24-16-44)58(59,60)41-46-20-28-51(29-21-46)66-37-12-14-50(62)27-34-56(64)70-39-38-68-54-33-22-47(40-43(54)3)57(65)71-52-30-18-45(19-31-52)17-25-49-26-32-53(42-61-49)67-35-10-7-8-11-36-69-55(63)5-2/h5,18-22,26,28-33,40,42,44,48H,2,4,6-16,23-24,27,34-39,41H2,1,3H3. The molecule has 0 aliphatic heterocycles. The topological polar surface area (TPSA) is 137 Å². The monoisotopic (exact) mass is 977 g/mol. The van der Waals surface area contributed by atoms with Gasteiger partial charge in [-0.25, -0.2) is 23.4 Å². The number of benzene rings is 3. The first-order valence-electron chi connectivity index (χ1n) is 25.1. The normalized spacial score (nSPS) is 14.3. The Balaban J connectivity index is 0.897. The van der Waals surface area contributed by atoms with E-state index < -0.39 is 29.7 Å². The minimum Gasteiger partial charge on any atom is -0.494 e. The third-order valence-electron chi connectivity index (χ3n) is 12.4. The molecule has 0 unspecified atom stereocenters. The van der Waals surface area contributed by atoms with Crippen LogP contribution in [0.25, 0.3) is 0 Å². The summed E-state index contributed by atoms with van der Waals surface area (Å²) in [5.74, 6) is 3.92. The highest BCUT2D eigenvalue weighted by molar-refractivity contribution is 5.91. The first-order chi connectivity index (χ1) is 34.4. The van der Waals surface area contributed by atoms with Gasteiger partial charge in [-0.05, 0) is 154 Å². The number of unbranched alkanes of at least 4 members (excludes halogenated alkanes) is 5. The van der Waals surface area contributed by atoms with Crippen LogP contribution in [0, 0.1) is 30.6 Å². The third-order valence-corrected chi connectivity index (χ3v) is 12.4. The zero-order valence-electron chi connectivity index (χ0n) is 41.4. The Hall–Kier alpha value is -6.55. The van der Waals surface area contributed by atoms with Crippen molar-refractivity contribution in [3.05, 3.63) is 126 Å². The fourth-order valence-corrected chi connectivity index (χ4v) is 8.25. The van der Waals surface area contributed by atoms with Crippen LogP contribution in [0.5, 0.6) is 23.0 Å². The molecule has 1 saturated carbocycles. The second kappa shape index (κ2) is 30.2. The van der Waals surface area contributed by atoms with Crippen molar-refractivity contribution in [1.29, 1.82) is 0 Å². The molecule has 1 aliphatic rings. The summed E-state index contributed by atoms with van der Waals surface area (Å²) in [5, 5.41) is 0. The summed E-state index contributed by atoms with van der Waals surface area (Å²) in [6, 6.07) is 22.1. The highest BCUT2D eigenvalue weighted by Gasteiger charge is 2.41. The lowest BCUT2D eigenvalue weighted by Crippen LogP contribution is -2.34. The van der Waals surface area contributed by atoms with E-state index in [1.807, 2.05) is 6.07 Å². The zero-order chi connectivity index (χ0) is 50.7. The Labute approximate surface area is 418 Å². The second-order valence-electron chi connectivity index (χ2n) is 18.0. The summed E-state index contributed by atoms with van der Waals surface area (Å²) in [4.78, 5) is 53.0. The lowest BCUT2D eigenvalue weighted by molar-refractivity contribution is -0.145. The van der Waals surface area contributed by atoms with Crippen molar-refractivity contribution in [2.24, 2.45) is 11.8 Å². The van der Waals surface area contributed by atoms with Gasteiger partial charge in [-0.2, -0.15) is 0 Å². The number of hydrogen-bond donors (Lipinski definition) is 0. The van der Waals surface area contributed by atoms with Crippen LogP contribution in [0.3, 0.4) is 0 Å². The molecule has 0 bridgehead atoms. The van der Waals surface area contributed by atoms with Crippen molar-refractivity contribution in [2.75, 3.05) is 33.0 Å². The fraction of sp³-hybridized carbons (Fsp3) is 0.466. The van der Waals surface area contributed by atoms with Gasteiger partial charge in [-0.3, -0.25) is 9.59 Å². The molecule has 1 heterocycles. The number of aromatic nitrogens is 1. The van der Waals surface area contributed by atoms with E-state index in [2.05, 4.69) is 30.3 Å². The van der Waals surface area contributed by atoms with E-state index in [4.69, 9.17) is 28.4 Å². The maximum Gasteiger partial charge on any atom is 0.343 e. The van der Waals surface area contributed by atoms with Gasteiger partial charge < -0.3 is 28.4 Å². The number of nitrogens with zero attached hydrogens (tertiary/aromatic N) is 1. The number of esters is 3. The van der Waals surface area contributed by atoms with E-state index >= 15 is 8.78 Å². The molecule has 5 rings (SSSR count). The van der Waals surface area contributed by atoms with Crippen LogP contribution >= 0.6 is 0 Å². The lowest BCUT2D eigenvalue weighted by atomic mass is 9.76. The van der Waals surface area contributed by atoms with Crippen LogP contribution in [0.15, 0.2) is 97.7 Å². The number of pyridine rings is 1. The lowest BCUT2D eigenvalue weighted by Gasteiger charge is -2.34. The van der Waals surface area contributed by atoms with Gasteiger partial charge in [0.25, 0.3) is 5.92 Å². The average Bonchev–Trinajstić information content (AvgIpc) is 3.37. The van der Waals surface area contributed by atoms with E-state index in [0.717, 1.165) is 51.0 Å². The first-order valence-corrected chi connectivity index (χ1v) is 25.1. The molecule has 1 aliphatic carbocycles. The van der Waals surface area contributed by atoms with Crippen LogP contribution in [0.2, 0.25) is 0 Å². The molecule has 0 spiro atoms. The van der Waals surface area contributed by atoms with Gasteiger partial charge in [0.2, 0.25) is 0 Å². The number of aryl methyl sites for hydroxylation is 1. The van der Waals surface area contributed by atoms with Crippen LogP contribution in [-0.2, 0) is 30.3 Å². The number of carbonyl (C=O) groups is 4. The van der Waals surface area contributed by atoms with Gasteiger partial charge in [0.15, 0.2) is 0 Å². The number of halogens is 2. The molecule has 0 saturated heterocycles. The Morgan fingerprint density at radius 3 is 2.11 bits per heavy atom.